The zero-order valence-corrected chi connectivity index (χ0v) is 13.3. The van der Waals surface area contributed by atoms with Crippen LogP contribution >= 0.6 is 0 Å². The molecule has 1 heterocycles. The summed E-state index contributed by atoms with van der Waals surface area (Å²) in [5, 5.41) is 19.9. The predicted octanol–water partition coefficient (Wildman–Crippen LogP) is 3.57. The molecule has 1 aromatic heterocycles. The Labute approximate surface area is 142 Å². The molecule has 0 aliphatic rings. The van der Waals surface area contributed by atoms with Gasteiger partial charge >= 0.3 is 5.97 Å². The Balaban J connectivity index is 2.14. The molecule has 0 unspecified atom stereocenters. The first-order valence-corrected chi connectivity index (χ1v) is 7.50. The third kappa shape index (κ3) is 3.19. The molecule has 0 atom stereocenters. The van der Waals surface area contributed by atoms with Crippen molar-refractivity contribution in [3.05, 3.63) is 70.7 Å². The normalized spacial score (nSPS) is 10.8. The number of aromatic carboxylic acids is 1. The number of phenolic OH excluding ortho intramolecular Hbond substituents is 1. The minimum Gasteiger partial charge on any atom is -0.505 e. The summed E-state index contributed by atoms with van der Waals surface area (Å²) >= 11 is 0. The second-order valence-electron chi connectivity index (χ2n) is 5.72. The maximum absolute atomic E-state index is 13.0. The highest BCUT2D eigenvalue weighted by Gasteiger charge is 2.19. The van der Waals surface area contributed by atoms with Gasteiger partial charge in [-0.25, -0.2) is 9.18 Å². The molecule has 0 fully saturated rings. The van der Waals surface area contributed by atoms with Crippen molar-refractivity contribution in [1.29, 1.82) is 0 Å². The summed E-state index contributed by atoms with van der Waals surface area (Å²) in [4.78, 5) is 27.3. The summed E-state index contributed by atoms with van der Waals surface area (Å²) in [6, 6.07) is 8.72. The number of aromatic hydroxyl groups is 1. The minimum absolute atomic E-state index is 0.0629. The van der Waals surface area contributed by atoms with E-state index >= 15 is 0 Å². The van der Waals surface area contributed by atoms with Gasteiger partial charge in [0, 0.05) is 11.6 Å². The van der Waals surface area contributed by atoms with Crippen LogP contribution in [-0.2, 0) is 6.42 Å². The van der Waals surface area contributed by atoms with E-state index < -0.39 is 11.8 Å². The first-order chi connectivity index (χ1) is 11.9. The van der Waals surface area contributed by atoms with Gasteiger partial charge in [0.2, 0.25) is 0 Å². The van der Waals surface area contributed by atoms with E-state index in [4.69, 9.17) is 0 Å². The van der Waals surface area contributed by atoms with Crippen LogP contribution in [-0.4, -0.2) is 26.9 Å². The number of pyridine rings is 1. The lowest BCUT2D eigenvalue weighted by atomic mass is 9.98. The molecule has 0 bridgehead atoms. The number of fused-ring (bicyclic) bond motifs is 1. The van der Waals surface area contributed by atoms with Crippen molar-refractivity contribution in [2.75, 3.05) is 0 Å². The molecule has 3 aromatic rings. The lowest BCUT2D eigenvalue weighted by Crippen LogP contribution is -2.04. The number of rotatable bonds is 4. The summed E-state index contributed by atoms with van der Waals surface area (Å²) in [7, 11) is 0. The molecule has 5 nitrogen and oxygen atoms in total. The number of Topliss-reactive ketones (excluding diaryl/α,β-unsaturated/α-hetero) is 1. The number of hydrogen-bond donors (Lipinski definition) is 2. The molecular weight excluding hydrogens is 325 g/mol. The number of carbonyl (C=O) groups excluding carboxylic acids is 1. The molecule has 6 heteroatoms. The first-order valence-electron chi connectivity index (χ1n) is 7.50. The zero-order chi connectivity index (χ0) is 18.1. The number of ketones is 1. The molecule has 25 heavy (non-hydrogen) atoms. The van der Waals surface area contributed by atoms with E-state index in [0.29, 0.717) is 12.0 Å². The monoisotopic (exact) mass is 339 g/mol. The Kier molecular flexibility index (Phi) is 4.19. The average Bonchev–Trinajstić information content (AvgIpc) is 2.56. The van der Waals surface area contributed by atoms with Crippen LogP contribution in [0.25, 0.3) is 10.9 Å². The zero-order valence-electron chi connectivity index (χ0n) is 13.3. The molecule has 0 spiro atoms. The van der Waals surface area contributed by atoms with Crippen molar-refractivity contribution in [1.82, 2.24) is 4.98 Å². The highest BCUT2D eigenvalue weighted by Crippen LogP contribution is 2.31. The molecule has 2 aromatic carbocycles. The van der Waals surface area contributed by atoms with Crippen molar-refractivity contribution in [2.45, 2.75) is 13.3 Å². The van der Waals surface area contributed by atoms with E-state index in [1.54, 1.807) is 18.2 Å². The Morgan fingerprint density at radius 2 is 1.76 bits per heavy atom. The number of aromatic nitrogens is 1. The van der Waals surface area contributed by atoms with Gasteiger partial charge in [-0.1, -0.05) is 12.1 Å². The van der Waals surface area contributed by atoms with Crippen LogP contribution in [0.4, 0.5) is 4.39 Å². The lowest BCUT2D eigenvalue weighted by molar-refractivity contribution is 0.0699. The average molecular weight is 339 g/mol. The molecule has 0 saturated carbocycles. The molecule has 0 aliphatic carbocycles. The van der Waals surface area contributed by atoms with Crippen LogP contribution in [0.3, 0.4) is 0 Å². The van der Waals surface area contributed by atoms with Crippen LogP contribution in [0.2, 0.25) is 0 Å². The SMILES string of the molecule is CC(=O)c1cc(C(=O)O)c2cc(Cc3ccc(F)cc3)cnc2c1O. The molecular formula is C19H14FNO4. The lowest BCUT2D eigenvalue weighted by Gasteiger charge is -2.10. The number of hydrogen-bond acceptors (Lipinski definition) is 4. The highest BCUT2D eigenvalue weighted by molar-refractivity contribution is 6.10. The summed E-state index contributed by atoms with van der Waals surface area (Å²) in [5.74, 6) is -2.33. The van der Waals surface area contributed by atoms with Crippen molar-refractivity contribution in [3.63, 3.8) is 0 Å². The molecule has 126 valence electrons. The van der Waals surface area contributed by atoms with Gasteiger partial charge in [0.15, 0.2) is 11.5 Å². The molecule has 0 radical (unpaired) electrons. The first kappa shape index (κ1) is 16.6. The van der Waals surface area contributed by atoms with Crippen molar-refractivity contribution >= 4 is 22.7 Å². The number of carboxylic acids is 1. The molecule has 0 aliphatic heterocycles. The summed E-state index contributed by atoms with van der Waals surface area (Å²) in [6.45, 7) is 1.25. The van der Waals surface area contributed by atoms with Gasteiger partial charge in [-0.15, -0.1) is 0 Å². The van der Waals surface area contributed by atoms with Gasteiger partial charge in [0.25, 0.3) is 0 Å². The molecule has 2 N–H and O–H groups in total. The second kappa shape index (κ2) is 6.32. The topological polar surface area (TPSA) is 87.5 Å². The summed E-state index contributed by atoms with van der Waals surface area (Å²) in [6.07, 6.45) is 1.93. The number of carbonyl (C=O) groups is 2. The van der Waals surface area contributed by atoms with E-state index in [-0.39, 0.29) is 33.6 Å². The molecule has 0 amide bonds. The third-order valence-electron chi connectivity index (χ3n) is 3.93. The van der Waals surface area contributed by atoms with E-state index in [2.05, 4.69) is 4.98 Å². The van der Waals surface area contributed by atoms with Crippen LogP contribution < -0.4 is 0 Å². The standard InChI is InChI=1S/C19H14FNO4/c1-10(22)14-8-16(19(24)25)15-7-12(9-21-17(15)18(14)23)6-11-2-4-13(20)5-3-11/h2-5,7-9,23H,6H2,1H3,(H,24,25). The smallest absolute Gasteiger partial charge is 0.336 e. The van der Waals surface area contributed by atoms with Crippen molar-refractivity contribution < 1.29 is 24.2 Å². The predicted molar refractivity (Wildman–Crippen MR) is 89.6 cm³/mol. The maximum atomic E-state index is 13.0. The van der Waals surface area contributed by atoms with Crippen LogP contribution in [0.5, 0.6) is 5.75 Å². The number of nitrogens with zero attached hydrogens (tertiary/aromatic N) is 1. The number of carboxylic acid groups (broad SMARTS) is 1. The Hall–Kier alpha value is -3.28. The second-order valence-corrected chi connectivity index (χ2v) is 5.72. The fourth-order valence-corrected chi connectivity index (χ4v) is 2.70. The van der Waals surface area contributed by atoms with Crippen LogP contribution in [0, 0.1) is 5.82 Å². The Morgan fingerprint density at radius 3 is 2.36 bits per heavy atom. The quantitative estimate of drug-likeness (QED) is 0.710. The molecule has 3 rings (SSSR count). The number of phenols is 1. The van der Waals surface area contributed by atoms with Gasteiger partial charge in [-0.2, -0.15) is 0 Å². The van der Waals surface area contributed by atoms with E-state index in [1.165, 1.54) is 25.3 Å². The van der Waals surface area contributed by atoms with Crippen LogP contribution in [0.1, 0.15) is 38.8 Å². The van der Waals surface area contributed by atoms with Crippen molar-refractivity contribution in [3.8, 4) is 5.75 Å². The summed E-state index contributed by atoms with van der Waals surface area (Å²) in [5.41, 5.74) is 1.42. The van der Waals surface area contributed by atoms with Gasteiger partial charge in [0.1, 0.15) is 11.3 Å². The Morgan fingerprint density at radius 1 is 1.08 bits per heavy atom. The van der Waals surface area contributed by atoms with E-state index in [9.17, 15) is 24.2 Å². The van der Waals surface area contributed by atoms with Crippen LogP contribution in [0.15, 0.2) is 42.6 Å². The Bertz CT molecular complexity index is 996. The third-order valence-corrected chi connectivity index (χ3v) is 3.93. The number of halogens is 1. The largest absolute Gasteiger partial charge is 0.505 e. The van der Waals surface area contributed by atoms with Gasteiger partial charge in [-0.3, -0.25) is 9.78 Å². The van der Waals surface area contributed by atoms with Gasteiger partial charge in [0.05, 0.1) is 11.1 Å². The molecule has 0 saturated heterocycles. The summed E-state index contributed by atoms with van der Waals surface area (Å²) < 4.78 is 13.0. The fraction of sp³-hybridized carbons (Fsp3) is 0.105. The number of benzene rings is 2. The van der Waals surface area contributed by atoms with Crippen molar-refractivity contribution in [2.24, 2.45) is 0 Å². The maximum Gasteiger partial charge on any atom is 0.336 e. The highest BCUT2D eigenvalue weighted by atomic mass is 19.1. The van der Waals surface area contributed by atoms with E-state index in [0.717, 1.165) is 11.6 Å². The van der Waals surface area contributed by atoms with E-state index in [1.807, 2.05) is 0 Å². The minimum atomic E-state index is -1.21. The fourth-order valence-electron chi connectivity index (χ4n) is 2.70. The van der Waals surface area contributed by atoms with Gasteiger partial charge < -0.3 is 10.2 Å². The van der Waals surface area contributed by atoms with Gasteiger partial charge in [-0.05, 0) is 48.7 Å².